The minimum atomic E-state index is -1.28. The van der Waals surface area contributed by atoms with Gasteiger partial charge in [-0.25, -0.2) is 9.59 Å². The first-order chi connectivity index (χ1) is 35.1. The Morgan fingerprint density at radius 2 is 0.685 bits per heavy atom. The van der Waals surface area contributed by atoms with Crippen LogP contribution in [0.1, 0.15) is 105 Å². The SMILES string of the molecule is N=C1CCC(=C(c2ccc(N)cc2)c2ccc(N)cc2)CC1.N=C1CCC(=C(c2ccc(N)cc2)c2ccc(N)cc2)CC1.O=C(O)c1cc2ccccc2c(Cc2c(O)c(C(=O)O)cc3ccccc23)c1O. The van der Waals surface area contributed by atoms with Crippen LogP contribution < -0.4 is 22.9 Å². The maximum absolute atomic E-state index is 11.6. The number of nitrogens with two attached hydrogens (primary N) is 4. The van der Waals surface area contributed by atoms with E-state index in [1.165, 1.54) is 56.7 Å². The Bertz CT molecular complexity index is 3100. The lowest BCUT2D eigenvalue weighted by Gasteiger charge is -2.21. The number of benzene rings is 8. The third-order valence-electron chi connectivity index (χ3n) is 13.5. The molecule has 0 amide bonds. The average molecular weight is 971 g/mol. The van der Waals surface area contributed by atoms with Gasteiger partial charge in [-0.1, -0.05) is 108 Å². The average Bonchev–Trinajstić information content (AvgIpc) is 3.39. The molecule has 0 saturated heterocycles. The summed E-state index contributed by atoms with van der Waals surface area (Å²) in [5.41, 5.74) is 38.3. The number of nitrogens with one attached hydrogen (secondary N) is 2. The molecule has 0 aromatic heterocycles. The van der Waals surface area contributed by atoms with Crippen molar-refractivity contribution in [3.05, 3.63) is 213 Å². The van der Waals surface area contributed by atoms with Crippen molar-refractivity contribution in [3.8, 4) is 11.5 Å². The topological polar surface area (TPSA) is 267 Å². The zero-order chi connectivity index (χ0) is 51.8. The van der Waals surface area contributed by atoms with Gasteiger partial charge in [0.25, 0.3) is 0 Å². The summed E-state index contributed by atoms with van der Waals surface area (Å²) < 4.78 is 0. The first-order valence-corrected chi connectivity index (χ1v) is 24.1. The van der Waals surface area contributed by atoms with Crippen LogP contribution in [0.5, 0.6) is 11.5 Å². The van der Waals surface area contributed by atoms with Gasteiger partial charge in [0.1, 0.15) is 22.6 Å². The van der Waals surface area contributed by atoms with E-state index in [1.54, 1.807) is 48.5 Å². The Hall–Kier alpha value is -9.16. The molecule has 12 heteroatoms. The summed E-state index contributed by atoms with van der Waals surface area (Å²) in [6, 6.07) is 48.9. The highest BCUT2D eigenvalue weighted by molar-refractivity contribution is 6.02. The number of hydrogen-bond acceptors (Lipinski definition) is 10. The number of fused-ring (bicyclic) bond motifs is 2. The fourth-order valence-corrected chi connectivity index (χ4v) is 9.64. The van der Waals surface area contributed by atoms with Gasteiger partial charge in [-0.15, -0.1) is 0 Å². The van der Waals surface area contributed by atoms with E-state index in [-0.39, 0.29) is 17.5 Å². The van der Waals surface area contributed by atoms with Crippen LogP contribution in [-0.2, 0) is 6.42 Å². The first-order valence-electron chi connectivity index (χ1n) is 24.1. The van der Waals surface area contributed by atoms with E-state index >= 15 is 0 Å². The maximum atomic E-state index is 11.6. The molecule has 0 aliphatic heterocycles. The van der Waals surface area contributed by atoms with Gasteiger partial charge in [-0.05, 0) is 167 Å². The van der Waals surface area contributed by atoms with Crippen molar-refractivity contribution < 1.29 is 30.0 Å². The molecule has 0 spiro atoms. The molecule has 8 aromatic carbocycles. The van der Waals surface area contributed by atoms with Crippen molar-refractivity contribution >= 4 is 78.8 Å². The lowest BCUT2D eigenvalue weighted by atomic mass is 9.84. The Balaban J connectivity index is 0.000000148. The third kappa shape index (κ3) is 11.7. The summed E-state index contributed by atoms with van der Waals surface area (Å²) in [6.45, 7) is 0. The zero-order valence-corrected chi connectivity index (χ0v) is 40.3. The van der Waals surface area contributed by atoms with Crippen LogP contribution in [0.25, 0.3) is 32.7 Å². The lowest BCUT2D eigenvalue weighted by molar-refractivity contribution is 0.0682. The van der Waals surface area contributed by atoms with Gasteiger partial charge < -0.3 is 54.2 Å². The van der Waals surface area contributed by atoms with Crippen molar-refractivity contribution in [1.29, 1.82) is 10.8 Å². The van der Waals surface area contributed by atoms with Crippen LogP contribution in [-0.4, -0.2) is 43.8 Å². The molecule has 0 atom stereocenters. The predicted octanol–water partition coefficient (Wildman–Crippen LogP) is 12.9. The number of carbonyl (C=O) groups is 2. The molecule has 2 aliphatic carbocycles. The van der Waals surface area contributed by atoms with Crippen LogP contribution in [0.2, 0.25) is 0 Å². The Labute approximate surface area is 423 Å². The van der Waals surface area contributed by atoms with E-state index in [0.717, 1.165) is 85.5 Å². The minimum absolute atomic E-state index is 0.0407. The zero-order valence-electron chi connectivity index (χ0n) is 40.3. The number of rotatable bonds is 8. The van der Waals surface area contributed by atoms with Gasteiger partial charge in [0.15, 0.2) is 0 Å². The van der Waals surface area contributed by atoms with Crippen molar-refractivity contribution in [3.63, 3.8) is 0 Å². The van der Waals surface area contributed by atoms with Gasteiger partial charge in [0.05, 0.1) is 0 Å². The number of nitrogen functional groups attached to an aromatic ring is 4. The fraction of sp³-hybridized carbons (Fsp3) is 0.148. The predicted molar refractivity (Wildman–Crippen MR) is 296 cm³/mol. The normalized spacial score (nSPS) is 13.4. The van der Waals surface area contributed by atoms with Crippen molar-refractivity contribution in [2.75, 3.05) is 22.9 Å². The van der Waals surface area contributed by atoms with Crippen LogP contribution in [0.15, 0.2) is 169 Å². The van der Waals surface area contributed by atoms with Gasteiger partial charge >= 0.3 is 11.9 Å². The second kappa shape index (κ2) is 22.3. The molecule has 14 N–H and O–H groups in total. The number of allylic oxidation sites excluding steroid dienone is 2. The summed E-state index contributed by atoms with van der Waals surface area (Å²) in [7, 11) is 0. The van der Waals surface area contributed by atoms with Crippen LogP contribution in [0.4, 0.5) is 22.7 Å². The molecular weight excluding hydrogens is 913 g/mol. The number of hydrogen-bond donors (Lipinski definition) is 10. The smallest absolute Gasteiger partial charge is 0.339 e. The standard InChI is InChI=1S/C23H16O6.2C19H21N3/c24-20-16(14-7-3-1-5-12(14)9-18(20)22(26)27)11-17-15-8-4-2-6-13(15)10-19(21(17)25)23(28)29;2*20-16-7-1-13(2-8-16)19(14-3-9-17(21)10-4-14)15-5-11-18(22)12-6-15/h1-10,24-25H,11H2,(H,26,27)(H,28,29);2*1-4,7-10,22H,5-6,11-12,20-21H2. The Kier molecular flexibility index (Phi) is 15.3. The van der Waals surface area contributed by atoms with Gasteiger partial charge in [0, 0.05) is 51.7 Å². The molecule has 73 heavy (non-hydrogen) atoms. The highest BCUT2D eigenvalue weighted by Crippen LogP contribution is 2.40. The molecule has 10 rings (SSSR count). The van der Waals surface area contributed by atoms with Gasteiger partial charge in [0.2, 0.25) is 0 Å². The number of anilines is 4. The number of carboxylic acids is 2. The first kappa shape index (κ1) is 50.2. The second-order valence-electron chi connectivity index (χ2n) is 18.4. The summed E-state index contributed by atoms with van der Waals surface area (Å²) in [5, 5.41) is 58.5. The number of aromatic hydroxyl groups is 2. The van der Waals surface area contributed by atoms with Crippen LogP contribution >= 0.6 is 0 Å². The molecule has 8 aromatic rings. The van der Waals surface area contributed by atoms with Gasteiger partial charge in [-0.2, -0.15) is 0 Å². The molecule has 12 nitrogen and oxygen atoms in total. The molecule has 2 aliphatic rings. The van der Waals surface area contributed by atoms with Crippen LogP contribution in [0.3, 0.4) is 0 Å². The summed E-state index contributed by atoms with van der Waals surface area (Å²) in [5.74, 6) is -3.36. The summed E-state index contributed by atoms with van der Waals surface area (Å²) in [6.07, 6.45) is 7.26. The summed E-state index contributed by atoms with van der Waals surface area (Å²) in [4.78, 5) is 23.2. The molecule has 2 fully saturated rings. The number of aromatic carboxylic acids is 2. The Morgan fingerprint density at radius 1 is 0.411 bits per heavy atom. The fourth-order valence-electron chi connectivity index (χ4n) is 9.64. The quantitative estimate of drug-likeness (QED) is 0.0643. The van der Waals surface area contributed by atoms with E-state index in [2.05, 4.69) is 48.5 Å². The van der Waals surface area contributed by atoms with E-state index in [9.17, 15) is 30.0 Å². The molecule has 0 radical (unpaired) electrons. The molecule has 2 saturated carbocycles. The number of phenols is 2. The van der Waals surface area contributed by atoms with Crippen LogP contribution in [0, 0.1) is 10.8 Å². The molecule has 0 bridgehead atoms. The van der Waals surface area contributed by atoms with Gasteiger partial charge in [-0.3, -0.25) is 0 Å². The summed E-state index contributed by atoms with van der Waals surface area (Å²) >= 11 is 0. The van der Waals surface area contributed by atoms with Crippen molar-refractivity contribution in [2.24, 2.45) is 0 Å². The minimum Gasteiger partial charge on any atom is -0.507 e. The highest BCUT2D eigenvalue weighted by atomic mass is 16.4. The molecule has 0 unspecified atom stereocenters. The second-order valence-corrected chi connectivity index (χ2v) is 18.4. The van der Waals surface area contributed by atoms with E-state index in [0.29, 0.717) is 32.7 Å². The number of carboxylic acid groups (broad SMARTS) is 2. The maximum Gasteiger partial charge on any atom is 0.339 e. The molecule has 0 heterocycles. The monoisotopic (exact) mass is 970 g/mol. The molecule has 368 valence electrons. The third-order valence-corrected chi connectivity index (χ3v) is 13.5. The van der Waals surface area contributed by atoms with Crippen molar-refractivity contribution in [2.45, 2.75) is 57.8 Å². The van der Waals surface area contributed by atoms with E-state index < -0.39 is 23.4 Å². The lowest BCUT2D eigenvalue weighted by Crippen LogP contribution is -2.08. The van der Waals surface area contributed by atoms with E-state index in [1.807, 2.05) is 48.5 Å². The van der Waals surface area contributed by atoms with E-state index in [4.69, 9.17) is 33.8 Å². The largest absolute Gasteiger partial charge is 0.507 e. The van der Waals surface area contributed by atoms with Crippen molar-refractivity contribution in [1.82, 2.24) is 0 Å². The molecular formula is C61H58N6O6. The highest BCUT2D eigenvalue weighted by Gasteiger charge is 2.23. The Morgan fingerprint density at radius 3 is 0.959 bits per heavy atom.